The number of benzene rings is 2. The SMILES string of the molecule is Cn1ccc(C(=O)Nc2cccc3ccc(-c4cccc(C(C)(F)F)c4)nc23)n1. The smallest absolute Gasteiger partial charge is 0.276 e. The third kappa shape index (κ3) is 3.85. The molecule has 146 valence electrons. The van der Waals surface area contributed by atoms with Crippen molar-refractivity contribution in [3.8, 4) is 11.3 Å². The summed E-state index contributed by atoms with van der Waals surface area (Å²) in [5.41, 5.74) is 2.44. The number of amides is 1. The van der Waals surface area contributed by atoms with Gasteiger partial charge < -0.3 is 5.32 Å². The molecule has 0 fully saturated rings. The van der Waals surface area contributed by atoms with Gasteiger partial charge >= 0.3 is 0 Å². The molecule has 0 saturated heterocycles. The van der Waals surface area contributed by atoms with Crippen LogP contribution in [0.25, 0.3) is 22.2 Å². The average Bonchev–Trinajstić information content (AvgIpc) is 3.14. The van der Waals surface area contributed by atoms with E-state index in [0.717, 1.165) is 12.3 Å². The second-order valence-corrected chi connectivity index (χ2v) is 6.87. The van der Waals surface area contributed by atoms with Crippen LogP contribution >= 0.6 is 0 Å². The first kappa shape index (κ1) is 18.7. The van der Waals surface area contributed by atoms with E-state index in [2.05, 4.69) is 15.4 Å². The number of para-hydroxylation sites is 1. The Morgan fingerprint density at radius 1 is 1.07 bits per heavy atom. The maximum absolute atomic E-state index is 13.7. The number of nitrogens with one attached hydrogen (secondary N) is 1. The van der Waals surface area contributed by atoms with Crippen LogP contribution in [0, 0.1) is 0 Å². The molecule has 0 atom stereocenters. The van der Waals surface area contributed by atoms with Crippen molar-refractivity contribution in [3.05, 3.63) is 78.1 Å². The highest BCUT2D eigenvalue weighted by Crippen LogP contribution is 2.31. The summed E-state index contributed by atoms with van der Waals surface area (Å²) < 4.78 is 28.9. The Labute approximate surface area is 166 Å². The van der Waals surface area contributed by atoms with E-state index in [1.165, 1.54) is 12.1 Å². The van der Waals surface area contributed by atoms with Crippen molar-refractivity contribution in [2.45, 2.75) is 12.8 Å². The molecule has 4 aromatic rings. The second kappa shape index (κ2) is 7.09. The lowest BCUT2D eigenvalue weighted by atomic mass is 10.0. The Morgan fingerprint density at radius 3 is 2.59 bits per heavy atom. The average molecular weight is 392 g/mol. The topological polar surface area (TPSA) is 59.8 Å². The van der Waals surface area contributed by atoms with E-state index >= 15 is 0 Å². The number of halogens is 2. The van der Waals surface area contributed by atoms with Gasteiger partial charge in [-0.25, -0.2) is 13.8 Å². The highest BCUT2D eigenvalue weighted by molar-refractivity contribution is 6.07. The molecule has 2 heterocycles. The Hall–Kier alpha value is -3.61. The van der Waals surface area contributed by atoms with Gasteiger partial charge in [-0.2, -0.15) is 5.10 Å². The van der Waals surface area contributed by atoms with Crippen molar-refractivity contribution in [1.82, 2.24) is 14.8 Å². The molecule has 0 saturated carbocycles. The lowest BCUT2D eigenvalue weighted by Crippen LogP contribution is -2.13. The number of hydrogen-bond acceptors (Lipinski definition) is 3. The van der Waals surface area contributed by atoms with Crippen molar-refractivity contribution in [2.75, 3.05) is 5.32 Å². The minimum atomic E-state index is -2.94. The first-order chi connectivity index (χ1) is 13.8. The van der Waals surface area contributed by atoms with Crippen LogP contribution in [0.5, 0.6) is 0 Å². The highest BCUT2D eigenvalue weighted by Gasteiger charge is 2.24. The fraction of sp³-hybridized carbons (Fsp3) is 0.136. The number of aromatic nitrogens is 3. The van der Waals surface area contributed by atoms with E-state index in [4.69, 9.17) is 0 Å². The first-order valence-corrected chi connectivity index (χ1v) is 9.01. The van der Waals surface area contributed by atoms with Crippen LogP contribution in [-0.2, 0) is 13.0 Å². The Morgan fingerprint density at radius 2 is 1.86 bits per heavy atom. The molecular formula is C22H18F2N4O. The number of hydrogen-bond donors (Lipinski definition) is 1. The van der Waals surface area contributed by atoms with Gasteiger partial charge in [-0.05, 0) is 24.3 Å². The van der Waals surface area contributed by atoms with Gasteiger partial charge in [0.2, 0.25) is 0 Å². The summed E-state index contributed by atoms with van der Waals surface area (Å²) in [6.07, 6.45) is 1.69. The van der Waals surface area contributed by atoms with Crippen LogP contribution in [0.15, 0.2) is 66.9 Å². The molecule has 0 aliphatic heterocycles. The van der Waals surface area contributed by atoms with Gasteiger partial charge in [0, 0.05) is 36.7 Å². The molecule has 0 radical (unpaired) electrons. The zero-order valence-electron chi connectivity index (χ0n) is 15.9. The largest absolute Gasteiger partial charge is 0.319 e. The molecule has 29 heavy (non-hydrogen) atoms. The maximum Gasteiger partial charge on any atom is 0.276 e. The van der Waals surface area contributed by atoms with Crippen LogP contribution in [-0.4, -0.2) is 20.7 Å². The molecule has 0 aliphatic rings. The molecule has 7 heteroatoms. The van der Waals surface area contributed by atoms with Crippen LogP contribution in [0.1, 0.15) is 23.0 Å². The maximum atomic E-state index is 13.7. The zero-order valence-corrected chi connectivity index (χ0v) is 15.9. The fourth-order valence-corrected chi connectivity index (χ4v) is 3.08. The zero-order chi connectivity index (χ0) is 20.6. The Kier molecular flexibility index (Phi) is 4.58. The molecule has 5 nitrogen and oxygen atoms in total. The van der Waals surface area contributed by atoms with Gasteiger partial charge in [0.1, 0.15) is 0 Å². The fourth-order valence-electron chi connectivity index (χ4n) is 3.08. The van der Waals surface area contributed by atoms with Crippen LogP contribution < -0.4 is 5.32 Å². The van der Waals surface area contributed by atoms with Gasteiger partial charge in [-0.15, -0.1) is 0 Å². The number of fused-ring (bicyclic) bond motifs is 1. The van der Waals surface area contributed by atoms with Gasteiger partial charge in [-0.3, -0.25) is 9.48 Å². The summed E-state index contributed by atoms with van der Waals surface area (Å²) in [4.78, 5) is 17.1. The van der Waals surface area contributed by atoms with Crippen molar-refractivity contribution in [2.24, 2.45) is 7.05 Å². The third-order valence-electron chi connectivity index (χ3n) is 4.58. The monoisotopic (exact) mass is 392 g/mol. The van der Waals surface area contributed by atoms with Crippen LogP contribution in [0.2, 0.25) is 0 Å². The van der Waals surface area contributed by atoms with E-state index in [1.807, 2.05) is 18.2 Å². The molecule has 2 aromatic heterocycles. The summed E-state index contributed by atoms with van der Waals surface area (Å²) in [6.45, 7) is 0.866. The Bertz CT molecular complexity index is 1210. The van der Waals surface area contributed by atoms with Crippen molar-refractivity contribution >= 4 is 22.5 Å². The van der Waals surface area contributed by atoms with Crippen molar-refractivity contribution in [3.63, 3.8) is 0 Å². The number of carbonyl (C=O) groups excluding carboxylic acids is 1. The van der Waals surface area contributed by atoms with E-state index in [0.29, 0.717) is 28.2 Å². The number of anilines is 1. The van der Waals surface area contributed by atoms with E-state index in [-0.39, 0.29) is 11.5 Å². The van der Waals surface area contributed by atoms with E-state index < -0.39 is 5.92 Å². The third-order valence-corrected chi connectivity index (χ3v) is 4.58. The Balaban J connectivity index is 1.74. The number of carbonyl (C=O) groups is 1. The van der Waals surface area contributed by atoms with Gasteiger partial charge in [0.15, 0.2) is 5.69 Å². The number of aryl methyl sites for hydroxylation is 1. The summed E-state index contributed by atoms with van der Waals surface area (Å²) in [7, 11) is 1.73. The minimum Gasteiger partial charge on any atom is -0.319 e. The molecule has 1 amide bonds. The van der Waals surface area contributed by atoms with E-state index in [9.17, 15) is 13.6 Å². The van der Waals surface area contributed by atoms with E-state index in [1.54, 1.807) is 48.3 Å². The van der Waals surface area contributed by atoms with Crippen molar-refractivity contribution < 1.29 is 13.6 Å². The first-order valence-electron chi connectivity index (χ1n) is 9.01. The molecule has 0 spiro atoms. The number of nitrogens with zero attached hydrogens (tertiary/aromatic N) is 3. The molecule has 0 aliphatic carbocycles. The predicted molar refractivity (Wildman–Crippen MR) is 108 cm³/mol. The standard InChI is InChI=1S/C22H18F2N4O/c1-22(23,24)16-7-3-6-15(13-16)17-10-9-14-5-4-8-18(20(14)25-17)26-21(29)19-11-12-28(2)27-19/h3-13H,1-2H3,(H,26,29). The summed E-state index contributed by atoms with van der Waals surface area (Å²) >= 11 is 0. The highest BCUT2D eigenvalue weighted by atomic mass is 19.3. The molecular weight excluding hydrogens is 374 g/mol. The van der Waals surface area contributed by atoms with Gasteiger partial charge in [0.05, 0.1) is 16.9 Å². The molecule has 2 aromatic carbocycles. The molecule has 4 rings (SSSR count). The molecule has 0 bridgehead atoms. The second-order valence-electron chi connectivity index (χ2n) is 6.87. The van der Waals surface area contributed by atoms with Crippen LogP contribution in [0.3, 0.4) is 0 Å². The number of rotatable bonds is 4. The predicted octanol–water partition coefficient (Wildman–Crippen LogP) is 5.00. The minimum absolute atomic E-state index is 0.0753. The number of alkyl halides is 2. The summed E-state index contributed by atoms with van der Waals surface area (Å²) in [6, 6.07) is 16.8. The van der Waals surface area contributed by atoms with Crippen molar-refractivity contribution in [1.29, 1.82) is 0 Å². The molecule has 1 N–H and O–H groups in total. The summed E-state index contributed by atoms with van der Waals surface area (Å²) in [5.74, 6) is -3.28. The molecule has 0 unspecified atom stereocenters. The summed E-state index contributed by atoms with van der Waals surface area (Å²) in [5, 5.41) is 7.75. The van der Waals surface area contributed by atoms with Crippen LogP contribution in [0.4, 0.5) is 14.5 Å². The van der Waals surface area contributed by atoms with Gasteiger partial charge in [0.25, 0.3) is 11.8 Å². The quantitative estimate of drug-likeness (QED) is 0.532. The lowest BCUT2D eigenvalue weighted by molar-refractivity contribution is 0.0175. The number of pyridine rings is 1. The van der Waals surface area contributed by atoms with Gasteiger partial charge in [-0.1, -0.05) is 36.4 Å². The normalized spacial score (nSPS) is 11.6. The lowest BCUT2D eigenvalue weighted by Gasteiger charge is -2.13.